The van der Waals surface area contributed by atoms with Crippen molar-refractivity contribution < 1.29 is 14.3 Å². The maximum absolute atomic E-state index is 12.5. The summed E-state index contributed by atoms with van der Waals surface area (Å²) in [6.45, 7) is 6.14. The zero-order chi connectivity index (χ0) is 26.5. The predicted octanol–water partition coefficient (Wildman–Crippen LogP) is 6.53. The number of fused-ring (bicyclic) bond motifs is 5. The van der Waals surface area contributed by atoms with Gasteiger partial charge in [-0.2, -0.15) is 5.26 Å². The summed E-state index contributed by atoms with van der Waals surface area (Å²) in [6.07, 6.45) is 11.0. The molecule has 1 amide bonds. The van der Waals surface area contributed by atoms with Crippen LogP contribution in [0.1, 0.15) is 71.3 Å². The fraction of sp³-hybridized carbons (Fsp3) is 0.516. The Morgan fingerprint density at radius 3 is 2.46 bits per heavy atom. The number of nitrogens with zero attached hydrogens (tertiary/aromatic N) is 1. The van der Waals surface area contributed by atoms with Gasteiger partial charge in [-0.3, -0.25) is 9.59 Å². The number of benzene rings is 1. The summed E-state index contributed by atoms with van der Waals surface area (Å²) < 4.78 is 5.58. The number of primary amides is 1. The number of halogens is 1. The molecule has 1 aromatic rings. The van der Waals surface area contributed by atoms with Crippen molar-refractivity contribution in [2.24, 2.45) is 34.3 Å². The summed E-state index contributed by atoms with van der Waals surface area (Å²) in [5, 5.41) is 10.7. The molecule has 6 heteroatoms. The molecule has 0 saturated heterocycles. The fourth-order valence-corrected chi connectivity index (χ4v) is 8.37. The largest absolute Gasteiger partial charge is 0.462 e. The van der Waals surface area contributed by atoms with Gasteiger partial charge < -0.3 is 10.5 Å². The van der Waals surface area contributed by atoms with E-state index >= 15 is 0 Å². The van der Waals surface area contributed by atoms with E-state index < -0.39 is 5.91 Å². The quantitative estimate of drug-likeness (QED) is 0.213. The summed E-state index contributed by atoms with van der Waals surface area (Å²) in [4.78, 5) is 24.0. The predicted molar refractivity (Wildman–Crippen MR) is 144 cm³/mol. The van der Waals surface area contributed by atoms with Gasteiger partial charge in [-0.05, 0) is 96.0 Å². The van der Waals surface area contributed by atoms with Gasteiger partial charge in [-0.25, -0.2) is 0 Å². The van der Waals surface area contributed by atoms with Gasteiger partial charge in [0.05, 0.1) is 0 Å². The molecule has 37 heavy (non-hydrogen) atoms. The van der Waals surface area contributed by atoms with Crippen molar-refractivity contribution in [2.45, 2.75) is 71.8 Å². The number of carbonyl (C=O) groups excluding carboxylic acids is 2. The first-order chi connectivity index (χ1) is 17.6. The van der Waals surface area contributed by atoms with Crippen molar-refractivity contribution in [3.63, 3.8) is 0 Å². The van der Waals surface area contributed by atoms with Gasteiger partial charge in [0.1, 0.15) is 17.7 Å². The maximum Gasteiger partial charge on any atom is 0.302 e. The summed E-state index contributed by atoms with van der Waals surface area (Å²) in [6, 6.07) is 9.81. The van der Waals surface area contributed by atoms with Gasteiger partial charge >= 0.3 is 5.97 Å². The third-order valence-corrected chi connectivity index (χ3v) is 10.2. The molecule has 1 aromatic carbocycles. The van der Waals surface area contributed by atoms with E-state index in [2.05, 4.69) is 32.1 Å². The minimum atomic E-state index is -0.648. The number of hydrogen-bond donors (Lipinski definition) is 1. The minimum Gasteiger partial charge on any atom is -0.462 e. The van der Waals surface area contributed by atoms with Gasteiger partial charge in [0, 0.05) is 18.4 Å². The molecule has 0 bridgehead atoms. The third-order valence-electron chi connectivity index (χ3n) is 9.93. The first-order valence-electron chi connectivity index (χ1n) is 13.3. The number of nitrogens with two attached hydrogens (primary N) is 1. The van der Waals surface area contributed by atoms with E-state index in [1.807, 2.05) is 24.3 Å². The molecule has 4 aliphatic carbocycles. The highest BCUT2D eigenvalue weighted by molar-refractivity contribution is 6.30. The fourth-order valence-electron chi connectivity index (χ4n) is 8.25. The van der Waals surface area contributed by atoms with E-state index in [0.29, 0.717) is 22.8 Å². The van der Waals surface area contributed by atoms with Crippen LogP contribution < -0.4 is 5.73 Å². The number of esters is 1. The van der Waals surface area contributed by atoms with Gasteiger partial charge in [-0.15, -0.1) is 0 Å². The molecule has 3 unspecified atom stereocenters. The smallest absolute Gasteiger partial charge is 0.302 e. The molecule has 0 aliphatic heterocycles. The zero-order valence-electron chi connectivity index (χ0n) is 21.9. The molecule has 3 fully saturated rings. The molecular weight excluding hydrogens is 484 g/mol. The molecule has 0 aromatic heterocycles. The highest BCUT2D eigenvalue weighted by Gasteiger charge is 2.59. The number of carbonyl (C=O) groups is 2. The molecule has 0 spiro atoms. The molecule has 0 radical (unpaired) electrons. The molecule has 6 atom stereocenters. The van der Waals surface area contributed by atoms with E-state index in [4.69, 9.17) is 22.1 Å². The Morgan fingerprint density at radius 1 is 1.11 bits per heavy atom. The lowest BCUT2D eigenvalue weighted by molar-refractivity contribution is -0.148. The summed E-state index contributed by atoms with van der Waals surface area (Å²) >= 11 is 6.11. The van der Waals surface area contributed by atoms with Crippen LogP contribution in [0.3, 0.4) is 0 Å². The Balaban J connectivity index is 1.54. The lowest BCUT2D eigenvalue weighted by Gasteiger charge is -2.57. The average molecular weight is 519 g/mol. The van der Waals surface area contributed by atoms with Gasteiger partial charge in [0.2, 0.25) is 0 Å². The van der Waals surface area contributed by atoms with Crippen LogP contribution >= 0.6 is 11.6 Å². The third kappa shape index (κ3) is 4.34. The first kappa shape index (κ1) is 25.8. The number of amides is 1. The van der Waals surface area contributed by atoms with Crippen LogP contribution in [0.25, 0.3) is 6.08 Å². The van der Waals surface area contributed by atoms with Gasteiger partial charge in [-0.1, -0.05) is 55.3 Å². The molecule has 2 N–H and O–H groups in total. The van der Waals surface area contributed by atoms with Crippen LogP contribution in [-0.4, -0.2) is 18.0 Å². The molecule has 0 heterocycles. The highest BCUT2D eigenvalue weighted by atomic mass is 35.5. The normalized spacial score (nSPS) is 36.9. The Bertz CT molecular complexity index is 1270. The van der Waals surface area contributed by atoms with Crippen molar-refractivity contribution >= 4 is 29.6 Å². The number of rotatable bonds is 3. The number of allylic oxidation sites excluding steroid dienone is 3. The van der Waals surface area contributed by atoms with Crippen LogP contribution in [0.15, 0.2) is 52.6 Å². The zero-order valence-corrected chi connectivity index (χ0v) is 22.6. The van der Waals surface area contributed by atoms with Crippen LogP contribution in [0.4, 0.5) is 0 Å². The highest BCUT2D eigenvalue weighted by Crippen LogP contribution is 2.67. The van der Waals surface area contributed by atoms with Crippen LogP contribution in [0.5, 0.6) is 0 Å². The van der Waals surface area contributed by atoms with Crippen molar-refractivity contribution in [1.29, 1.82) is 5.26 Å². The molecule has 3 saturated carbocycles. The Morgan fingerprint density at radius 2 is 1.81 bits per heavy atom. The lowest BCUT2D eigenvalue weighted by Crippen LogP contribution is -2.50. The van der Waals surface area contributed by atoms with Crippen LogP contribution in [-0.2, 0) is 14.3 Å². The average Bonchev–Trinajstić information content (AvgIpc) is 3.13. The molecular formula is C31H35ClN2O3. The van der Waals surface area contributed by atoms with Gasteiger partial charge in [0.25, 0.3) is 5.91 Å². The SMILES string of the molecule is CC(=O)O[C@H]1CC[C@@]2(C)C(=CCC3C2CC[C@]2(C)C(=C(\C#N)C(N)=O)/C(=C/c4ccc(Cl)cc4)CC32)C1. The second-order valence-corrected chi connectivity index (χ2v) is 12.3. The van der Waals surface area contributed by atoms with E-state index in [0.717, 1.165) is 61.7 Å². The van der Waals surface area contributed by atoms with E-state index in [1.54, 1.807) is 0 Å². The molecule has 5 nitrogen and oxygen atoms in total. The van der Waals surface area contributed by atoms with Crippen molar-refractivity contribution in [2.75, 3.05) is 0 Å². The van der Waals surface area contributed by atoms with Crippen molar-refractivity contribution in [3.05, 3.63) is 63.2 Å². The Labute approximate surface area is 224 Å². The first-order valence-corrected chi connectivity index (χ1v) is 13.7. The number of ether oxygens (including phenoxy) is 1. The molecule has 5 rings (SSSR count). The maximum atomic E-state index is 12.5. The summed E-state index contributed by atoms with van der Waals surface area (Å²) in [5.41, 5.74) is 10.0. The van der Waals surface area contributed by atoms with Gasteiger partial charge in [0.15, 0.2) is 0 Å². The Kier molecular flexibility index (Phi) is 6.61. The number of nitriles is 1. The summed E-state index contributed by atoms with van der Waals surface area (Å²) in [5.74, 6) is 0.452. The standard InChI is InChI=1S/C31H35ClN2O3/c1-18(35)37-23-10-12-30(2)21(16-23)6-9-24-26(30)11-13-31(3)27(24)15-20(28(31)25(17-33)29(34)36)14-19-4-7-22(32)8-5-19/h4-8,14,23-24,26-27H,9-13,15-16H2,1-3H3,(H2,34,36)/b20-14+,28-25+/t23-,24?,26?,27?,30-,31-/m0/s1. The number of hydrogen-bond acceptors (Lipinski definition) is 4. The topological polar surface area (TPSA) is 93.2 Å². The second kappa shape index (κ2) is 9.48. The summed E-state index contributed by atoms with van der Waals surface area (Å²) in [7, 11) is 0. The van der Waals surface area contributed by atoms with E-state index in [9.17, 15) is 14.9 Å². The second-order valence-electron chi connectivity index (χ2n) is 11.8. The molecule has 194 valence electrons. The Hall–Kier alpha value is -2.84. The van der Waals surface area contributed by atoms with E-state index in [-0.39, 0.29) is 28.5 Å². The van der Waals surface area contributed by atoms with Crippen molar-refractivity contribution in [1.82, 2.24) is 0 Å². The van der Waals surface area contributed by atoms with E-state index in [1.165, 1.54) is 12.5 Å². The minimum absolute atomic E-state index is 0.0223. The monoisotopic (exact) mass is 518 g/mol. The van der Waals surface area contributed by atoms with Crippen LogP contribution in [0.2, 0.25) is 5.02 Å². The van der Waals surface area contributed by atoms with Crippen LogP contribution in [0, 0.1) is 39.9 Å². The molecule has 4 aliphatic rings. The van der Waals surface area contributed by atoms with Crippen molar-refractivity contribution in [3.8, 4) is 6.07 Å². The lowest BCUT2D eigenvalue weighted by atomic mass is 9.47.